The molecule has 0 aliphatic carbocycles. The van der Waals surface area contributed by atoms with Gasteiger partial charge in [-0.05, 0) is 28.3 Å². The molecule has 0 bridgehead atoms. The van der Waals surface area contributed by atoms with Gasteiger partial charge in [-0.1, -0.05) is 0 Å². The number of rotatable bonds is 0. The molecule has 0 spiro atoms. The van der Waals surface area contributed by atoms with Crippen molar-refractivity contribution in [2.24, 2.45) is 0 Å². The van der Waals surface area contributed by atoms with Gasteiger partial charge >= 0.3 is 0 Å². The first kappa shape index (κ1) is 6.90. The Kier molecular flexibility index (Phi) is 1.18. The lowest BCUT2D eigenvalue weighted by atomic mass is 10.3. The number of hydrogen-bond acceptors (Lipinski definition) is 5. The van der Waals surface area contributed by atoms with Gasteiger partial charge in [0.1, 0.15) is 11.2 Å². The molecule has 0 unspecified atom stereocenters. The molecule has 3 aromatic heterocycles. The van der Waals surface area contributed by atoms with Crippen LogP contribution in [0.5, 0.6) is 0 Å². The van der Waals surface area contributed by atoms with Crippen LogP contribution < -0.4 is 0 Å². The van der Waals surface area contributed by atoms with Gasteiger partial charge in [0.25, 0.3) is 0 Å². The van der Waals surface area contributed by atoms with Crippen molar-refractivity contribution >= 4 is 27.2 Å². The summed E-state index contributed by atoms with van der Waals surface area (Å²) in [4.78, 5) is 5.23. The summed E-state index contributed by atoms with van der Waals surface area (Å²) >= 11 is 1.61. The zero-order valence-electron chi connectivity index (χ0n) is 6.80. The largest absolute Gasteiger partial charge is 0.225 e. The molecular formula is C7H5N5S. The van der Waals surface area contributed by atoms with Crippen LogP contribution in [0.4, 0.5) is 0 Å². The first-order valence-electron chi connectivity index (χ1n) is 3.77. The molecule has 0 saturated carbocycles. The lowest BCUT2D eigenvalue weighted by Crippen LogP contribution is -1.89. The second-order valence-corrected chi connectivity index (χ2v) is 3.65. The van der Waals surface area contributed by atoms with E-state index in [1.807, 2.05) is 6.92 Å². The van der Waals surface area contributed by atoms with Gasteiger partial charge in [-0.3, -0.25) is 0 Å². The van der Waals surface area contributed by atoms with Crippen molar-refractivity contribution in [3.8, 4) is 0 Å². The van der Waals surface area contributed by atoms with Crippen LogP contribution in [-0.2, 0) is 0 Å². The third-order valence-corrected chi connectivity index (χ3v) is 2.96. The van der Waals surface area contributed by atoms with Gasteiger partial charge in [-0.25, -0.2) is 4.98 Å². The minimum atomic E-state index is 0.781. The first-order chi connectivity index (χ1) is 6.36. The fraction of sp³-hybridized carbons (Fsp3) is 0.143. The van der Waals surface area contributed by atoms with Crippen molar-refractivity contribution in [1.29, 1.82) is 0 Å². The number of aryl methyl sites for hydroxylation is 1. The van der Waals surface area contributed by atoms with Crippen LogP contribution in [0.15, 0.2) is 11.7 Å². The Hall–Kier alpha value is -1.56. The Morgan fingerprint density at radius 2 is 2.38 bits per heavy atom. The van der Waals surface area contributed by atoms with E-state index in [4.69, 9.17) is 0 Å². The minimum absolute atomic E-state index is 0.781. The summed E-state index contributed by atoms with van der Waals surface area (Å²) < 4.78 is 1.59. The normalized spacial score (nSPS) is 11.5. The topological polar surface area (TPSA) is 56.0 Å². The fourth-order valence-corrected chi connectivity index (χ4v) is 2.23. The van der Waals surface area contributed by atoms with E-state index in [2.05, 4.69) is 25.9 Å². The molecule has 0 fully saturated rings. The zero-order chi connectivity index (χ0) is 8.84. The number of tetrazole rings is 1. The van der Waals surface area contributed by atoms with Crippen molar-refractivity contribution < 1.29 is 0 Å². The van der Waals surface area contributed by atoms with Crippen LogP contribution >= 0.6 is 11.3 Å². The summed E-state index contributed by atoms with van der Waals surface area (Å²) in [6, 6.07) is 0. The molecular weight excluding hydrogens is 186 g/mol. The Balaban J connectivity index is 2.70. The Morgan fingerprint density at radius 1 is 1.46 bits per heavy atom. The fourth-order valence-electron chi connectivity index (χ4n) is 1.34. The van der Waals surface area contributed by atoms with Crippen molar-refractivity contribution in [2.45, 2.75) is 6.92 Å². The molecule has 0 aliphatic heterocycles. The number of nitrogens with zero attached hydrogens (tertiary/aromatic N) is 5. The summed E-state index contributed by atoms with van der Waals surface area (Å²) in [5.74, 6) is 0. The van der Waals surface area contributed by atoms with E-state index in [0.29, 0.717) is 0 Å². The quantitative estimate of drug-likeness (QED) is 0.532. The van der Waals surface area contributed by atoms with Gasteiger partial charge in [0.05, 0.1) is 5.39 Å². The average Bonchev–Trinajstić information content (AvgIpc) is 2.70. The molecule has 0 radical (unpaired) electrons. The first-order valence-corrected chi connectivity index (χ1v) is 4.65. The van der Waals surface area contributed by atoms with Gasteiger partial charge in [-0.2, -0.15) is 4.52 Å². The Morgan fingerprint density at radius 3 is 3.31 bits per heavy atom. The van der Waals surface area contributed by atoms with Crippen LogP contribution in [-0.4, -0.2) is 25.0 Å². The molecule has 13 heavy (non-hydrogen) atoms. The maximum absolute atomic E-state index is 4.24. The molecule has 0 aliphatic rings. The summed E-state index contributed by atoms with van der Waals surface area (Å²) in [5.41, 5.74) is 1.96. The molecule has 6 heteroatoms. The maximum atomic E-state index is 4.24. The predicted octanol–water partition coefficient (Wildman–Crippen LogP) is 1.04. The summed E-state index contributed by atoms with van der Waals surface area (Å²) in [6.45, 7) is 2.04. The lowest BCUT2D eigenvalue weighted by Gasteiger charge is -1.91. The molecule has 5 nitrogen and oxygen atoms in total. The van der Waals surface area contributed by atoms with Gasteiger partial charge in [0.2, 0.25) is 0 Å². The molecule has 3 rings (SSSR count). The van der Waals surface area contributed by atoms with Gasteiger partial charge in [0, 0.05) is 0 Å². The molecule has 3 aromatic rings. The van der Waals surface area contributed by atoms with Gasteiger partial charge < -0.3 is 0 Å². The molecule has 3 heterocycles. The number of thiophene rings is 1. The van der Waals surface area contributed by atoms with Crippen LogP contribution in [0, 0.1) is 6.92 Å². The summed E-state index contributed by atoms with van der Waals surface area (Å²) in [5, 5.41) is 14.5. The van der Waals surface area contributed by atoms with Crippen LogP contribution in [0.2, 0.25) is 0 Å². The molecule has 0 atom stereocenters. The SMILES string of the molecule is Cc1csc2ncn3nnnc3c12. The third-order valence-electron chi connectivity index (χ3n) is 1.96. The van der Waals surface area contributed by atoms with E-state index in [-0.39, 0.29) is 0 Å². The highest BCUT2D eigenvalue weighted by atomic mass is 32.1. The number of aromatic nitrogens is 5. The molecule has 64 valence electrons. The van der Waals surface area contributed by atoms with Gasteiger partial charge in [0.15, 0.2) is 5.65 Å². The van der Waals surface area contributed by atoms with Crippen LogP contribution in [0.25, 0.3) is 15.9 Å². The zero-order valence-corrected chi connectivity index (χ0v) is 7.62. The third kappa shape index (κ3) is 0.803. The smallest absolute Gasteiger partial charge is 0.191 e. The average molecular weight is 191 g/mol. The van der Waals surface area contributed by atoms with E-state index in [0.717, 1.165) is 15.9 Å². The minimum Gasteiger partial charge on any atom is -0.225 e. The van der Waals surface area contributed by atoms with Crippen LogP contribution in [0.3, 0.4) is 0 Å². The molecule has 0 saturated heterocycles. The Bertz CT molecular complexity index is 581. The highest BCUT2D eigenvalue weighted by Crippen LogP contribution is 2.25. The highest BCUT2D eigenvalue weighted by Gasteiger charge is 2.08. The van der Waals surface area contributed by atoms with Crippen molar-refractivity contribution in [1.82, 2.24) is 25.0 Å². The predicted molar refractivity (Wildman–Crippen MR) is 48.7 cm³/mol. The van der Waals surface area contributed by atoms with E-state index < -0.39 is 0 Å². The molecule has 0 amide bonds. The number of hydrogen-bond donors (Lipinski definition) is 0. The van der Waals surface area contributed by atoms with Crippen LogP contribution in [0.1, 0.15) is 5.56 Å². The Labute approximate surface area is 77.0 Å². The van der Waals surface area contributed by atoms with Crippen molar-refractivity contribution in [3.05, 3.63) is 17.3 Å². The van der Waals surface area contributed by atoms with Gasteiger partial charge in [-0.15, -0.1) is 16.4 Å². The van der Waals surface area contributed by atoms with E-state index in [9.17, 15) is 0 Å². The van der Waals surface area contributed by atoms with Crippen molar-refractivity contribution in [3.63, 3.8) is 0 Å². The second kappa shape index (κ2) is 2.23. The number of fused-ring (bicyclic) bond motifs is 3. The maximum Gasteiger partial charge on any atom is 0.191 e. The monoisotopic (exact) mass is 191 g/mol. The molecule has 0 N–H and O–H groups in total. The van der Waals surface area contributed by atoms with E-state index in [1.165, 1.54) is 5.56 Å². The lowest BCUT2D eigenvalue weighted by molar-refractivity contribution is 0.813. The second-order valence-electron chi connectivity index (χ2n) is 2.79. The summed E-state index contributed by atoms with van der Waals surface area (Å²) in [7, 11) is 0. The summed E-state index contributed by atoms with van der Waals surface area (Å²) in [6.07, 6.45) is 1.63. The van der Waals surface area contributed by atoms with E-state index in [1.54, 1.807) is 22.2 Å². The molecule has 0 aromatic carbocycles. The standard InChI is InChI=1S/C7H5N5S/c1-4-2-13-7-5(4)6-9-10-11-12(6)3-8-7/h2-3H,1H3. The highest BCUT2D eigenvalue weighted by molar-refractivity contribution is 7.17. The van der Waals surface area contributed by atoms with E-state index >= 15 is 0 Å². The van der Waals surface area contributed by atoms with Crippen molar-refractivity contribution in [2.75, 3.05) is 0 Å².